The number of benzene rings is 12. The van der Waals surface area contributed by atoms with Gasteiger partial charge in [-0.1, -0.05) is 182 Å². The molecule has 0 spiro atoms. The van der Waals surface area contributed by atoms with Crippen molar-refractivity contribution in [3.63, 3.8) is 0 Å². The van der Waals surface area contributed by atoms with E-state index in [4.69, 9.17) is 4.42 Å². The van der Waals surface area contributed by atoms with Crippen molar-refractivity contribution in [2.24, 2.45) is 0 Å². The molecule has 7 nitrogen and oxygen atoms in total. The number of fused-ring (bicyclic) bond motifs is 17. The van der Waals surface area contributed by atoms with Crippen LogP contribution in [0.3, 0.4) is 0 Å². The van der Waals surface area contributed by atoms with E-state index in [0.29, 0.717) is 33.9 Å². The molecular formula is C72H40N6O. The Labute approximate surface area is 450 Å². The lowest BCUT2D eigenvalue weighted by molar-refractivity contribution is 0.669. The van der Waals surface area contributed by atoms with Crippen LogP contribution < -0.4 is 0 Å². The van der Waals surface area contributed by atoms with Crippen molar-refractivity contribution in [1.29, 1.82) is 10.5 Å². The molecule has 12 aromatic carbocycles. The molecule has 0 saturated heterocycles. The van der Waals surface area contributed by atoms with Crippen LogP contribution in [0.2, 0.25) is 0 Å². The molecule has 79 heavy (non-hydrogen) atoms. The Morgan fingerprint density at radius 1 is 0.291 bits per heavy atom. The van der Waals surface area contributed by atoms with Gasteiger partial charge in [0.2, 0.25) is 0 Å². The molecule has 17 rings (SSSR count). The molecule has 17 aromatic rings. The fourth-order valence-electron chi connectivity index (χ4n) is 13.5. The minimum Gasteiger partial charge on any atom is -0.456 e. The SMILES string of the molecule is N#Cc1c(-n2c3ccccc3c3ccccc32)c(C#N)c(-n2c3ccccc3c3ccccc32)c(-n2c3cc(-c4cccc5ccccc45)ccc3c3ccc4oc5ccccc5c4c32)c1-n1c2ccccc2c2ccccc21. The summed E-state index contributed by atoms with van der Waals surface area (Å²) in [5, 5.41) is 37.7. The zero-order valence-electron chi connectivity index (χ0n) is 42.2. The van der Waals surface area contributed by atoms with E-state index >= 15 is 0 Å². The number of nitrogens with zero attached hydrogens (tertiary/aromatic N) is 6. The molecule has 7 heteroatoms. The number of hydrogen-bond acceptors (Lipinski definition) is 3. The first-order valence-corrected chi connectivity index (χ1v) is 26.6. The lowest BCUT2D eigenvalue weighted by atomic mass is 9.97. The van der Waals surface area contributed by atoms with Gasteiger partial charge in [-0.15, -0.1) is 0 Å². The van der Waals surface area contributed by atoms with Crippen LogP contribution in [0.4, 0.5) is 0 Å². The molecule has 0 aliphatic carbocycles. The van der Waals surface area contributed by atoms with Gasteiger partial charge in [-0.2, -0.15) is 10.5 Å². The number of nitriles is 2. The average molecular weight is 1010 g/mol. The summed E-state index contributed by atoms with van der Waals surface area (Å²) in [4.78, 5) is 0. The fraction of sp³-hybridized carbons (Fsp3) is 0. The van der Waals surface area contributed by atoms with E-state index in [0.717, 1.165) is 131 Å². The molecular weight excluding hydrogens is 965 g/mol. The summed E-state index contributed by atoms with van der Waals surface area (Å²) in [6.45, 7) is 0. The quantitative estimate of drug-likeness (QED) is 0.172. The zero-order chi connectivity index (χ0) is 52.0. The highest BCUT2D eigenvalue weighted by Gasteiger charge is 2.35. The van der Waals surface area contributed by atoms with E-state index in [1.165, 1.54) is 0 Å². The van der Waals surface area contributed by atoms with Crippen molar-refractivity contribution in [3.05, 3.63) is 254 Å². The lowest BCUT2D eigenvalue weighted by Crippen LogP contribution is -2.17. The topological polar surface area (TPSA) is 80.4 Å². The average Bonchev–Trinajstić information content (AvgIpc) is 4.32. The molecule has 0 atom stereocenters. The van der Waals surface area contributed by atoms with Gasteiger partial charge in [-0.25, -0.2) is 0 Å². The number of hydrogen-bond donors (Lipinski definition) is 0. The molecule has 0 bridgehead atoms. The van der Waals surface area contributed by atoms with Crippen molar-refractivity contribution in [3.8, 4) is 46.0 Å². The van der Waals surface area contributed by atoms with Gasteiger partial charge in [-0.3, -0.25) is 0 Å². The Morgan fingerprint density at radius 3 is 1.20 bits per heavy atom. The summed E-state index contributed by atoms with van der Waals surface area (Å²) in [5.41, 5.74) is 14.0. The van der Waals surface area contributed by atoms with Gasteiger partial charge in [0.25, 0.3) is 0 Å². The smallest absolute Gasteiger partial charge is 0.137 e. The largest absolute Gasteiger partial charge is 0.456 e. The van der Waals surface area contributed by atoms with Crippen LogP contribution in [0.1, 0.15) is 11.1 Å². The molecule has 0 fully saturated rings. The second-order valence-corrected chi connectivity index (χ2v) is 20.5. The normalized spacial score (nSPS) is 12.0. The second-order valence-electron chi connectivity index (χ2n) is 20.5. The van der Waals surface area contributed by atoms with Crippen LogP contribution in [-0.4, -0.2) is 18.3 Å². The van der Waals surface area contributed by atoms with Crippen molar-refractivity contribution >= 4 is 120 Å². The first-order valence-electron chi connectivity index (χ1n) is 26.6. The van der Waals surface area contributed by atoms with E-state index in [9.17, 15) is 10.5 Å². The zero-order valence-corrected chi connectivity index (χ0v) is 42.2. The highest BCUT2D eigenvalue weighted by molar-refractivity contribution is 6.26. The van der Waals surface area contributed by atoms with Crippen LogP contribution in [0.5, 0.6) is 0 Å². The molecule has 0 radical (unpaired) electrons. The monoisotopic (exact) mass is 1000 g/mol. The summed E-state index contributed by atoms with van der Waals surface area (Å²) < 4.78 is 16.0. The van der Waals surface area contributed by atoms with Crippen LogP contribution in [0.25, 0.3) is 154 Å². The predicted octanol–water partition coefficient (Wildman–Crippen LogP) is 18.5. The van der Waals surface area contributed by atoms with Gasteiger partial charge in [0.05, 0.1) is 72.3 Å². The highest BCUT2D eigenvalue weighted by atomic mass is 16.3. The highest BCUT2D eigenvalue weighted by Crippen LogP contribution is 2.51. The van der Waals surface area contributed by atoms with Gasteiger partial charge < -0.3 is 22.7 Å². The number of rotatable bonds is 5. The minimum absolute atomic E-state index is 0.346. The van der Waals surface area contributed by atoms with Crippen molar-refractivity contribution in [2.45, 2.75) is 0 Å². The van der Waals surface area contributed by atoms with Gasteiger partial charge in [0, 0.05) is 48.5 Å². The Hall–Kier alpha value is -11.1. The maximum absolute atomic E-state index is 12.7. The Morgan fingerprint density at radius 2 is 0.696 bits per heavy atom. The first kappa shape index (κ1) is 43.2. The number of aromatic nitrogens is 4. The first-order chi connectivity index (χ1) is 39.2. The Bertz CT molecular complexity index is 5290. The van der Waals surface area contributed by atoms with Crippen LogP contribution in [0.15, 0.2) is 247 Å². The summed E-state index contributed by atoms with van der Waals surface area (Å²) in [6, 6.07) is 90.8. The summed E-state index contributed by atoms with van der Waals surface area (Å²) in [6.07, 6.45) is 0. The maximum atomic E-state index is 12.7. The molecule has 5 aromatic heterocycles. The van der Waals surface area contributed by atoms with E-state index in [1.807, 2.05) is 24.3 Å². The molecule has 0 unspecified atom stereocenters. The van der Waals surface area contributed by atoms with Crippen LogP contribution >= 0.6 is 0 Å². The molecule has 0 saturated carbocycles. The molecule has 364 valence electrons. The standard InChI is InChI=1S/C72H40N6O/c73-41-56-68(75-58-29-10-3-21-47(58)48-22-4-11-30-59(48)75)57(42-74)71(77-62-33-14-7-25-51(62)52-26-8-15-34-63(52)77)72(70(56)76-60-31-12-5-23-49(60)50-24-6-13-32-61(50)76)78-64-40-44(46-28-17-19-43-18-1-2-20-45(43)46)36-37-53(64)54-38-39-66-67(69(54)78)55-27-9-16-35-65(55)79-66/h1-40H. The van der Waals surface area contributed by atoms with Gasteiger partial charge in [-0.05, 0) is 82.6 Å². The third-order valence-electron chi connectivity index (χ3n) is 16.6. The fourth-order valence-corrected chi connectivity index (χ4v) is 13.5. The minimum atomic E-state index is 0.346. The third kappa shape index (κ3) is 5.77. The number of furan rings is 1. The van der Waals surface area contributed by atoms with E-state index in [-0.39, 0.29) is 0 Å². The molecule has 0 aliphatic rings. The molecule has 5 heterocycles. The third-order valence-corrected chi connectivity index (χ3v) is 16.6. The summed E-state index contributed by atoms with van der Waals surface area (Å²) in [5.74, 6) is 0. The molecule has 0 amide bonds. The summed E-state index contributed by atoms with van der Waals surface area (Å²) in [7, 11) is 0. The van der Waals surface area contributed by atoms with E-state index in [2.05, 4.69) is 249 Å². The van der Waals surface area contributed by atoms with Gasteiger partial charge >= 0.3 is 0 Å². The van der Waals surface area contributed by atoms with Crippen molar-refractivity contribution in [1.82, 2.24) is 18.3 Å². The van der Waals surface area contributed by atoms with Crippen molar-refractivity contribution < 1.29 is 4.42 Å². The van der Waals surface area contributed by atoms with E-state index in [1.54, 1.807) is 0 Å². The molecule has 0 N–H and O–H groups in total. The van der Waals surface area contributed by atoms with Gasteiger partial charge in [0.1, 0.15) is 34.4 Å². The van der Waals surface area contributed by atoms with Crippen LogP contribution in [0, 0.1) is 22.7 Å². The molecule has 0 aliphatic heterocycles. The Kier molecular flexibility index (Phi) is 8.85. The summed E-state index contributed by atoms with van der Waals surface area (Å²) >= 11 is 0. The van der Waals surface area contributed by atoms with Crippen molar-refractivity contribution in [2.75, 3.05) is 0 Å². The van der Waals surface area contributed by atoms with Gasteiger partial charge in [0.15, 0.2) is 0 Å². The van der Waals surface area contributed by atoms with Crippen LogP contribution in [-0.2, 0) is 0 Å². The second kappa shape index (κ2) is 16.2. The maximum Gasteiger partial charge on any atom is 0.137 e. The lowest BCUT2D eigenvalue weighted by Gasteiger charge is -2.27. The Balaban J connectivity index is 1.21. The predicted molar refractivity (Wildman–Crippen MR) is 323 cm³/mol. The number of para-hydroxylation sites is 7. The van der Waals surface area contributed by atoms with E-state index < -0.39 is 0 Å².